The largest absolute Gasteiger partial charge is 0.380 e. The second-order valence-corrected chi connectivity index (χ2v) is 9.08. The third-order valence-electron chi connectivity index (χ3n) is 6.11. The van der Waals surface area contributed by atoms with Gasteiger partial charge in [-0.2, -0.15) is 5.10 Å². The minimum absolute atomic E-state index is 0.0865. The molecule has 0 atom stereocenters. The van der Waals surface area contributed by atoms with Crippen LogP contribution in [-0.4, -0.2) is 39.8 Å². The van der Waals surface area contributed by atoms with E-state index < -0.39 is 11.7 Å². The van der Waals surface area contributed by atoms with Gasteiger partial charge in [0.2, 0.25) is 0 Å². The zero-order valence-electron chi connectivity index (χ0n) is 20.8. The standard InChI is InChI=1S/C28H27FN6O2/c1-4-19-14-25(35(32-19)20-10-12-26-22(15-20)27(30)33-37-26)28(36)31-24-11-9-17(13-23(24)29)21-8-6-5-7-18(21)16-34(2)3/h5-15H,4,16H2,1-3H3,(H2,30,33)(H,31,36). The SMILES string of the molecule is CCc1cc(C(=O)Nc2ccc(-c3ccccc3CN(C)C)cc2F)n(-c2ccc3onc(N)c3c2)n1. The minimum Gasteiger partial charge on any atom is -0.380 e. The van der Waals surface area contributed by atoms with Gasteiger partial charge in [0.25, 0.3) is 5.91 Å². The molecule has 5 aromatic rings. The summed E-state index contributed by atoms with van der Waals surface area (Å²) >= 11 is 0. The number of nitrogens with zero attached hydrogens (tertiary/aromatic N) is 4. The number of rotatable bonds is 7. The van der Waals surface area contributed by atoms with Crippen LogP contribution in [0.4, 0.5) is 15.9 Å². The molecule has 0 radical (unpaired) electrons. The summed E-state index contributed by atoms with van der Waals surface area (Å²) in [6, 6.07) is 19.7. The van der Waals surface area contributed by atoms with Crippen LogP contribution in [0.1, 0.15) is 28.7 Å². The van der Waals surface area contributed by atoms with Crippen LogP contribution in [0.5, 0.6) is 0 Å². The van der Waals surface area contributed by atoms with Crippen molar-refractivity contribution >= 4 is 28.4 Å². The van der Waals surface area contributed by atoms with Crippen molar-refractivity contribution in [3.63, 3.8) is 0 Å². The zero-order valence-corrected chi connectivity index (χ0v) is 20.8. The van der Waals surface area contributed by atoms with E-state index in [0.29, 0.717) is 23.1 Å². The molecule has 8 nitrogen and oxygen atoms in total. The summed E-state index contributed by atoms with van der Waals surface area (Å²) in [6.45, 7) is 2.68. The molecule has 0 aliphatic carbocycles. The summed E-state index contributed by atoms with van der Waals surface area (Å²) in [7, 11) is 3.98. The number of anilines is 2. The van der Waals surface area contributed by atoms with Crippen LogP contribution in [0, 0.1) is 5.82 Å². The molecular formula is C28H27FN6O2. The molecule has 1 amide bonds. The normalized spacial score (nSPS) is 11.4. The molecule has 3 N–H and O–H groups in total. The first kappa shape index (κ1) is 24.2. The molecule has 0 saturated heterocycles. The van der Waals surface area contributed by atoms with E-state index in [9.17, 15) is 4.79 Å². The topological polar surface area (TPSA) is 102 Å². The Morgan fingerprint density at radius 3 is 2.68 bits per heavy atom. The van der Waals surface area contributed by atoms with E-state index in [-0.39, 0.29) is 17.2 Å². The highest BCUT2D eigenvalue weighted by Crippen LogP contribution is 2.29. The highest BCUT2D eigenvalue weighted by atomic mass is 19.1. The Bertz CT molecular complexity index is 1600. The van der Waals surface area contributed by atoms with Crippen LogP contribution >= 0.6 is 0 Å². The lowest BCUT2D eigenvalue weighted by molar-refractivity contribution is 0.101. The number of nitrogens with one attached hydrogen (secondary N) is 1. The van der Waals surface area contributed by atoms with Gasteiger partial charge in [0.05, 0.1) is 22.5 Å². The number of hydrogen-bond acceptors (Lipinski definition) is 6. The van der Waals surface area contributed by atoms with Crippen LogP contribution in [0.3, 0.4) is 0 Å². The van der Waals surface area contributed by atoms with E-state index in [2.05, 4.69) is 20.5 Å². The van der Waals surface area contributed by atoms with Crippen LogP contribution in [0.25, 0.3) is 27.8 Å². The van der Waals surface area contributed by atoms with Gasteiger partial charge < -0.3 is 20.5 Å². The predicted octanol–water partition coefficient (Wildman–Crippen LogP) is 5.28. The maximum Gasteiger partial charge on any atom is 0.274 e. The van der Waals surface area contributed by atoms with Gasteiger partial charge in [-0.3, -0.25) is 4.79 Å². The summed E-state index contributed by atoms with van der Waals surface area (Å²) in [6.07, 6.45) is 0.625. The number of carbonyl (C=O) groups excluding carboxylic acids is 1. The number of aromatic nitrogens is 3. The molecule has 0 spiro atoms. The summed E-state index contributed by atoms with van der Waals surface area (Å²) in [5.74, 6) is -0.753. The van der Waals surface area contributed by atoms with Crippen molar-refractivity contribution in [3.8, 4) is 16.8 Å². The zero-order chi connectivity index (χ0) is 26.1. The lowest BCUT2D eigenvalue weighted by Gasteiger charge is -2.15. The molecule has 9 heteroatoms. The van der Waals surface area contributed by atoms with E-state index in [4.69, 9.17) is 10.3 Å². The quantitative estimate of drug-likeness (QED) is 0.317. The highest BCUT2D eigenvalue weighted by Gasteiger charge is 2.19. The predicted molar refractivity (Wildman–Crippen MR) is 142 cm³/mol. The number of hydrogen-bond donors (Lipinski definition) is 2. The van der Waals surface area contributed by atoms with E-state index in [1.165, 1.54) is 10.7 Å². The maximum absolute atomic E-state index is 15.2. The fourth-order valence-corrected chi connectivity index (χ4v) is 4.29. The Labute approximate surface area is 213 Å². The van der Waals surface area contributed by atoms with Gasteiger partial charge in [0, 0.05) is 6.54 Å². The fraction of sp³-hybridized carbons (Fsp3) is 0.179. The van der Waals surface area contributed by atoms with Gasteiger partial charge >= 0.3 is 0 Å². The van der Waals surface area contributed by atoms with Crippen molar-refractivity contribution in [1.82, 2.24) is 19.8 Å². The van der Waals surface area contributed by atoms with Gasteiger partial charge in [0.1, 0.15) is 11.5 Å². The number of fused-ring (bicyclic) bond motifs is 1. The van der Waals surface area contributed by atoms with Crippen molar-refractivity contribution in [2.24, 2.45) is 0 Å². The van der Waals surface area contributed by atoms with E-state index >= 15 is 4.39 Å². The number of nitrogen functional groups attached to an aromatic ring is 1. The smallest absolute Gasteiger partial charge is 0.274 e. The molecule has 0 aliphatic rings. The van der Waals surface area contributed by atoms with Crippen molar-refractivity contribution in [1.29, 1.82) is 0 Å². The molecule has 2 heterocycles. The molecule has 188 valence electrons. The number of aryl methyl sites for hydroxylation is 1. The van der Waals surface area contributed by atoms with Crippen LogP contribution in [0.15, 0.2) is 71.3 Å². The van der Waals surface area contributed by atoms with Crippen molar-refractivity contribution in [2.75, 3.05) is 25.1 Å². The third-order valence-corrected chi connectivity index (χ3v) is 6.11. The van der Waals surface area contributed by atoms with E-state index in [1.807, 2.05) is 51.4 Å². The molecular weight excluding hydrogens is 471 g/mol. The Hall–Kier alpha value is -4.50. The second-order valence-electron chi connectivity index (χ2n) is 9.08. The molecule has 3 aromatic carbocycles. The van der Waals surface area contributed by atoms with E-state index in [1.54, 1.807) is 30.3 Å². The fourth-order valence-electron chi connectivity index (χ4n) is 4.29. The molecule has 0 bridgehead atoms. The summed E-state index contributed by atoms with van der Waals surface area (Å²) < 4.78 is 21.9. The van der Waals surface area contributed by atoms with Crippen LogP contribution in [0.2, 0.25) is 0 Å². The summed E-state index contributed by atoms with van der Waals surface area (Å²) in [5, 5.41) is 11.7. The van der Waals surface area contributed by atoms with E-state index in [0.717, 1.165) is 28.9 Å². The van der Waals surface area contributed by atoms with Crippen molar-refractivity contribution in [2.45, 2.75) is 19.9 Å². The third kappa shape index (κ3) is 4.81. The summed E-state index contributed by atoms with van der Waals surface area (Å²) in [4.78, 5) is 15.4. The first-order valence-corrected chi connectivity index (χ1v) is 11.9. The Morgan fingerprint density at radius 1 is 1.11 bits per heavy atom. The minimum atomic E-state index is -0.522. The molecule has 0 aliphatic heterocycles. The van der Waals surface area contributed by atoms with Gasteiger partial charge in [-0.15, -0.1) is 0 Å². The van der Waals surface area contributed by atoms with Crippen LogP contribution in [-0.2, 0) is 13.0 Å². The number of nitrogens with two attached hydrogens (primary N) is 1. The monoisotopic (exact) mass is 498 g/mol. The molecule has 0 unspecified atom stereocenters. The van der Waals surface area contributed by atoms with Gasteiger partial charge in [0.15, 0.2) is 11.4 Å². The highest BCUT2D eigenvalue weighted by molar-refractivity contribution is 6.04. The maximum atomic E-state index is 15.2. The van der Waals surface area contributed by atoms with Gasteiger partial charge in [-0.1, -0.05) is 42.4 Å². The number of amides is 1. The van der Waals surface area contributed by atoms with Gasteiger partial charge in [-0.25, -0.2) is 9.07 Å². The average Bonchev–Trinajstić information content (AvgIpc) is 3.49. The first-order valence-electron chi connectivity index (χ1n) is 11.9. The lowest BCUT2D eigenvalue weighted by Crippen LogP contribution is -2.17. The molecule has 5 rings (SSSR count). The molecule has 2 aromatic heterocycles. The Kier molecular flexibility index (Phi) is 6.45. The molecule has 37 heavy (non-hydrogen) atoms. The number of benzene rings is 3. The first-order chi connectivity index (χ1) is 17.8. The molecule has 0 saturated carbocycles. The number of carbonyl (C=O) groups is 1. The van der Waals surface area contributed by atoms with Crippen molar-refractivity contribution in [3.05, 3.63) is 89.5 Å². The summed E-state index contributed by atoms with van der Waals surface area (Å²) in [5.41, 5.74) is 10.9. The second kappa shape index (κ2) is 9.87. The van der Waals surface area contributed by atoms with Crippen LogP contribution < -0.4 is 11.1 Å². The Balaban J connectivity index is 1.45. The van der Waals surface area contributed by atoms with Crippen molar-refractivity contribution < 1.29 is 13.7 Å². The Morgan fingerprint density at radius 2 is 1.92 bits per heavy atom. The number of halogens is 1. The average molecular weight is 499 g/mol. The lowest BCUT2D eigenvalue weighted by atomic mass is 9.99. The molecule has 0 fully saturated rings. The van der Waals surface area contributed by atoms with Gasteiger partial charge in [-0.05, 0) is 73.6 Å².